The van der Waals surface area contributed by atoms with E-state index in [-0.39, 0.29) is 0 Å². The van der Waals surface area contributed by atoms with Crippen LogP contribution >= 0.6 is 22.9 Å². The molecule has 1 unspecified atom stereocenters. The van der Waals surface area contributed by atoms with E-state index in [1.54, 1.807) is 11.3 Å². The molecular formula is C16H17ClO2S. The van der Waals surface area contributed by atoms with Crippen LogP contribution < -0.4 is 4.74 Å². The Hall–Kier alpha value is -1.03. The van der Waals surface area contributed by atoms with Crippen molar-refractivity contribution in [3.05, 3.63) is 49.7 Å². The number of benzene rings is 1. The molecule has 2 aromatic rings. The Labute approximate surface area is 128 Å². The first-order valence-electron chi connectivity index (χ1n) is 6.73. The lowest BCUT2D eigenvalue weighted by atomic mass is 9.99. The van der Waals surface area contributed by atoms with Gasteiger partial charge in [-0.2, -0.15) is 0 Å². The van der Waals surface area contributed by atoms with Crippen molar-refractivity contribution in [2.24, 2.45) is 0 Å². The Kier molecular flexibility index (Phi) is 3.76. The SMILES string of the molecule is Cc1cc(C(O)Cc2cc(Cl)cc3c2OCC3)c(C)s1. The predicted octanol–water partition coefficient (Wildman–Crippen LogP) is 4.23. The van der Waals surface area contributed by atoms with Gasteiger partial charge in [0.05, 0.1) is 12.7 Å². The lowest BCUT2D eigenvalue weighted by molar-refractivity contribution is 0.177. The van der Waals surface area contributed by atoms with Crippen molar-refractivity contribution in [1.82, 2.24) is 0 Å². The fraction of sp³-hybridized carbons (Fsp3) is 0.375. The molecule has 0 spiro atoms. The number of thiophene rings is 1. The Morgan fingerprint density at radius 1 is 1.35 bits per heavy atom. The number of halogens is 1. The second kappa shape index (κ2) is 5.40. The number of hydrogen-bond donors (Lipinski definition) is 1. The van der Waals surface area contributed by atoms with Gasteiger partial charge < -0.3 is 9.84 Å². The molecule has 0 radical (unpaired) electrons. The summed E-state index contributed by atoms with van der Waals surface area (Å²) in [6.45, 7) is 4.82. The Morgan fingerprint density at radius 3 is 2.85 bits per heavy atom. The molecule has 4 heteroatoms. The van der Waals surface area contributed by atoms with Crippen LogP contribution in [-0.2, 0) is 12.8 Å². The highest BCUT2D eigenvalue weighted by Crippen LogP contribution is 2.36. The lowest BCUT2D eigenvalue weighted by Crippen LogP contribution is -2.03. The summed E-state index contributed by atoms with van der Waals surface area (Å²) in [4.78, 5) is 2.40. The quantitative estimate of drug-likeness (QED) is 0.919. The minimum atomic E-state index is -0.508. The van der Waals surface area contributed by atoms with Crippen molar-refractivity contribution in [3.63, 3.8) is 0 Å². The molecule has 1 aromatic heterocycles. The van der Waals surface area contributed by atoms with Crippen LogP contribution in [-0.4, -0.2) is 11.7 Å². The molecule has 0 amide bonds. The molecule has 0 saturated carbocycles. The van der Waals surface area contributed by atoms with Crippen LogP contribution in [0.5, 0.6) is 5.75 Å². The summed E-state index contributed by atoms with van der Waals surface area (Å²) in [6.07, 6.45) is 0.932. The summed E-state index contributed by atoms with van der Waals surface area (Å²) in [7, 11) is 0. The molecule has 1 atom stereocenters. The summed E-state index contributed by atoms with van der Waals surface area (Å²) in [5, 5.41) is 11.2. The highest BCUT2D eigenvalue weighted by atomic mass is 35.5. The van der Waals surface area contributed by atoms with Crippen LogP contribution in [0, 0.1) is 13.8 Å². The Morgan fingerprint density at radius 2 is 2.15 bits per heavy atom. The number of rotatable bonds is 3. The summed E-state index contributed by atoms with van der Waals surface area (Å²) in [5.74, 6) is 0.915. The maximum absolute atomic E-state index is 10.5. The van der Waals surface area contributed by atoms with E-state index in [9.17, 15) is 5.11 Å². The van der Waals surface area contributed by atoms with E-state index in [2.05, 4.69) is 19.9 Å². The Bertz CT molecular complexity index is 648. The maximum atomic E-state index is 10.5. The summed E-state index contributed by atoms with van der Waals surface area (Å²) < 4.78 is 5.69. The lowest BCUT2D eigenvalue weighted by Gasteiger charge is -2.14. The molecule has 1 aliphatic heterocycles. The third-order valence-corrected chi connectivity index (χ3v) is 4.88. The second-order valence-electron chi connectivity index (χ2n) is 5.24. The molecule has 0 saturated heterocycles. The van der Waals surface area contributed by atoms with Crippen molar-refractivity contribution in [1.29, 1.82) is 0 Å². The molecule has 3 rings (SSSR count). The van der Waals surface area contributed by atoms with E-state index >= 15 is 0 Å². The minimum Gasteiger partial charge on any atom is -0.493 e. The van der Waals surface area contributed by atoms with E-state index in [1.807, 2.05) is 12.1 Å². The summed E-state index contributed by atoms with van der Waals surface area (Å²) >= 11 is 7.88. The van der Waals surface area contributed by atoms with Crippen molar-refractivity contribution in [2.75, 3.05) is 6.61 Å². The number of fused-ring (bicyclic) bond motifs is 1. The molecule has 106 valence electrons. The van der Waals surface area contributed by atoms with Crippen LogP contribution in [0.15, 0.2) is 18.2 Å². The first-order valence-corrected chi connectivity index (χ1v) is 7.93. The van der Waals surface area contributed by atoms with Gasteiger partial charge in [-0.3, -0.25) is 0 Å². The molecule has 2 nitrogen and oxygen atoms in total. The highest BCUT2D eigenvalue weighted by molar-refractivity contribution is 7.12. The molecule has 1 aliphatic rings. The van der Waals surface area contributed by atoms with Crippen LogP contribution in [0.3, 0.4) is 0 Å². The third kappa shape index (κ3) is 2.58. The highest BCUT2D eigenvalue weighted by Gasteiger charge is 2.21. The smallest absolute Gasteiger partial charge is 0.126 e. The van der Waals surface area contributed by atoms with Crippen LogP contribution in [0.1, 0.15) is 32.5 Å². The van der Waals surface area contributed by atoms with Gasteiger partial charge in [0.25, 0.3) is 0 Å². The van der Waals surface area contributed by atoms with Gasteiger partial charge >= 0.3 is 0 Å². The summed E-state index contributed by atoms with van der Waals surface area (Å²) in [6, 6.07) is 5.93. The Balaban J connectivity index is 1.90. The maximum Gasteiger partial charge on any atom is 0.126 e. The van der Waals surface area contributed by atoms with Crippen LogP contribution in [0.4, 0.5) is 0 Å². The minimum absolute atomic E-state index is 0.508. The average Bonchev–Trinajstić information content (AvgIpc) is 2.95. The predicted molar refractivity (Wildman–Crippen MR) is 83.1 cm³/mol. The van der Waals surface area contributed by atoms with Crippen molar-refractivity contribution in [2.45, 2.75) is 32.8 Å². The van der Waals surface area contributed by atoms with Gasteiger partial charge in [0.15, 0.2) is 0 Å². The molecule has 20 heavy (non-hydrogen) atoms. The monoisotopic (exact) mass is 308 g/mol. The normalized spacial score (nSPS) is 15.0. The van der Waals surface area contributed by atoms with E-state index in [1.165, 1.54) is 9.75 Å². The zero-order valence-electron chi connectivity index (χ0n) is 11.6. The van der Waals surface area contributed by atoms with Gasteiger partial charge in [-0.15, -0.1) is 11.3 Å². The molecule has 0 fully saturated rings. The number of aliphatic hydroxyl groups excluding tert-OH is 1. The number of ether oxygens (including phenoxy) is 1. The third-order valence-electron chi connectivity index (χ3n) is 3.68. The fourth-order valence-electron chi connectivity index (χ4n) is 2.80. The van der Waals surface area contributed by atoms with E-state index in [0.29, 0.717) is 13.0 Å². The van der Waals surface area contributed by atoms with E-state index in [0.717, 1.165) is 33.9 Å². The van der Waals surface area contributed by atoms with Crippen molar-refractivity contribution < 1.29 is 9.84 Å². The van der Waals surface area contributed by atoms with Crippen molar-refractivity contribution in [3.8, 4) is 5.75 Å². The van der Waals surface area contributed by atoms with E-state index < -0.39 is 6.10 Å². The molecule has 1 N–H and O–H groups in total. The van der Waals surface area contributed by atoms with Gasteiger partial charge in [-0.1, -0.05) is 11.6 Å². The molecular weight excluding hydrogens is 292 g/mol. The zero-order chi connectivity index (χ0) is 14.3. The van der Waals surface area contributed by atoms with Crippen molar-refractivity contribution >= 4 is 22.9 Å². The first kappa shape index (κ1) is 13.9. The fourth-order valence-corrected chi connectivity index (χ4v) is 4.04. The number of aliphatic hydroxyl groups is 1. The molecule has 2 heterocycles. The number of hydrogen-bond acceptors (Lipinski definition) is 3. The van der Waals surface area contributed by atoms with Gasteiger partial charge in [0, 0.05) is 27.6 Å². The number of aryl methyl sites for hydroxylation is 2. The topological polar surface area (TPSA) is 29.5 Å². The van der Waals surface area contributed by atoms with Crippen LogP contribution in [0.25, 0.3) is 0 Å². The molecule has 0 bridgehead atoms. The zero-order valence-corrected chi connectivity index (χ0v) is 13.1. The molecule has 1 aromatic carbocycles. The second-order valence-corrected chi connectivity index (χ2v) is 7.14. The molecule has 0 aliphatic carbocycles. The van der Waals surface area contributed by atoms with Gasteiger partial charge in [0.2, 0.25) is 0 Å². The first-order chi connectivity index (χ1) is 9.54. The van der Waals surface area contributed by atoms with E-state index in [4.69, 9.17) is 16.3 Å². The average molecular weight is 309 g/mol. The largest absolute Gasteiger partial charge is 0.493 e. The standard InChI is InChI=1S/C16H17ClO2S/c1-9-5-14(10(2)20-9)15(18)8-12-7-13(17)6-11-3-4-19-16(11)12/h5-7,15,18H,3-4,8H2,1-2H3. The van der Waals surface area contributed by atoms with Crippen LogP contribution in [0.2, 0.25) is 5.02 Å². The van der Waals surface area contributed by atoms with Gasteiger partial charge in [-0.05, 0) is 48.7 Å². The summed E-state index contributed by atoms with van der Waals surface area (Å²) in [5.41, 5.74) is 3.16. The van der Waals surface area contributed by atoms with Gasteiger partial charge in [-0.25, -0.2) is 0 Å². The van der Waals surface area contributed by atoms with Gasteiger partial charge in [0.1, 0.15) is 5.75 Å².